The lowest BCUT2D eigenvalue weighted by Crippen LogP contribution is -2.60. The molecule has 6 rings (SSSR count). The second-order valence-electron chi connectivity index (χ2n) is 25.1. The number of aliphatic hydroxyl groups excluding tert-OH is 3. The number of amides is 9. The first-order valence-corrected chi connectivity index (χ1v) is 36.0. The van der Waals surface area contributed by atoms with Gasteiger partial charge in [0.05, 0.1) is 151 Å². The van der Waals surface area contributed by atoms with Crippen LogP contribution in [0.15, 0.2) is 29.1 Å². The zero-order valence-corrected chi connectivity index (χ0v) is 59.0. The van der Waals surface area contributed by atoms with E-state index >= 15 is 9.00 Å². The van der Waals surface area contributed by atoms with Crippen LogP contribution in [0.1, 0.15) is 83.8 Å². The van der Waals surface area contributed by atoms with Gasteiger partial charge in [-0.25, -0.2) is 0 Å². The number of methoxy groups -OCH3 is 1. The maximum absolute atomic E-state index is 15.4. The van der Waals surface area contributed by atoms with Crippen LogP contribution in [0.25, 0.3) is 10.9 Å². The fourth-order valence-electron chi connectivity index (χ4n) is 11.6. The van der Waals surface area contributed by atoms with Crippen LogP contribution in [-0.2, 0) is 99.5 Å². The number of benzene rings is 1. The minimum Gasteiger partial charge on any atom is -0.496 e. The Hall–Kier alpha value is -7.88. The number of hydrogen-bond acceptors (Lipinski definition) is 25. The van der Waals surface area contributed by atoms with Gasteiger partial charge in [0.25, 0.3) is 0 Å². The van der Waals surface area contributed by atoms with Crippen molar-refractivity contribution in [2.75, 3.05) is 117 Å². The summed E-state index contributed by atoms with van der Waals surface area (Å²) in [6, 6.07) is -3.79. The molecule has 1 saturated heterocycles. The highest BCUT2D eigenvalue weighted by Crippen LogP contribution is 2.37. The molecule has 37 heteroatoms. The average molecular weight is 1460 g/mol. The van der Waals surface area contributed by atoms with Crippen molar-refractivity contribution in [3.63, 3.8) is 0 Å². The number of primary amides is 1. The highest BCUT2D eigenvalue weighted by molar-refractivity contribution is 7.98. The van der Waals surface area contributed by atoms with E-state index in [0.717, 1.165) is 4.90 Å². The normalized spacial score (nSPS) is 23.4. The fourth-order valence-corrected chi connectivity index (χ4v) is 13.8. The molecular formula is C64H97N13O22S2. The molecule has 2 bridgehead atoms. The minimum atomic E-state index is -2.44. The Bertz CT molecular complexity index is 3300. The summed E-state index contributed by atoms with van der Waals surface area (Å²) >= 11 is 1.38. The molecule has 0 radical (unpaired) electrons. The number of thioether (sulfide) groups is 1. The minimum absolute atomic E-state index is 0.0547. The Morgan fingerprint density at radius 3 is 2.18 bits per heavy atom. The van der Waals surface area contributed by atoms with Gasteiger partial charge in [0.15, 0.2) is 11.6 Å². The summed E-state index contributed by atoms with van der Waals surface area (Å²) < 4.78 is 43.5. The maximum Gasteiger partial charge on any atom is 0.306 e. The van der Waals surface area contributed by atoms with E-state index in [1.165, 1.54) is 32.7 Å². The number of aliphatic hydroxyl groups is 3. The van der Waals surface area contributed by atoms with Gasteiger partial charge in [-0.05, 0) is 30.0 Å². The zero-order valence-electron chi connectivity index (χ0n) is 57.4. The Kier molecular flexibility index (Phi) is 33.5. The molecule has 1 fully saturated rings. The van der Waals surface area contributed by atoms with Gasteiger partial charge < -0.3 is 102 Å². The van der Waals surface area contributed by atoms with Crippen molar-refractivity contribution >= 4 is 104 Å². The number of ketones is 2. The largest absolute Gasteiger partial charge is 0.496 e. The molecule has 5 heterocycles. The predicted octanol–water partition coefficient (Wildman–Crippen LogP) is -4.24. The molecule has 1 aromatic carbocycles. The van der Waals surface area contributed by atoms with E-state index in [-0.39, 0.29) is 73.9 Å². The van der Waals surface area contributed by atoms with Crippen LogP contribution < -0.4 is 58.6 Å². The summed E-state index contributed by atoms with van der Waals surface area (Å²) in [5, 5.41) is 61.1. The van der Waals surface area contributed by atoms with Crippen LogP contribution in [0.5, 0.6) is 5.75 Å². The van der Waals surface area contributed by atoms with Gasteiger partial charge in [0.2, 0.25) is 53.2 Å². The number of hydrogen-bond donors (Lipinski definition) is 15. The molecule has 16 N–H and O–H groups in total. The molecule has 35 nitrogen and oxygen atoms in total. The molecule has 4 aliphatic heterocycles. The van der Waals surface area contributed by atoms with E-state index in [9.17, 15) is 68.1 Å². The number of carboxylic acid groups (broad SMARTS) is 1. The molecule has 0 saturated carbocycles. The highest BCUT2D eigenvalue weighted by atomic mass is 32.2. The van der Waals surface area contributed by atoms with Gasteiger partial charge in [-0.2, -0.15) is 11.8 Å². The lowest BCUT2D eigenvalue weighted by Gasteiger charge is -2.32. The lowest BCUT2D eigenvalue weighted by molar-refractivity contribution is -0.144. The molecule has 562 valence electrons. The Morgan fingerprint density at radius 2 is 1.51 bits per heavy atom. The summed E-state index contributed by atoms with van der Waals surface area (Å²) in [5.41, 5.74) is 13.1. The first-order chi connectivity index (χ1) is 48.2. The molecule has 0 aliphatic carbocycles. The van der Waals surface area contributed by atoms with E-state index in [4.69, 9.17) is 34.5 Å². The molecule has 2 unspecified atom stereocenters. The zero-order chi connectivity index (χ0) is 73.9. The number of nitrogens with zero attached hydrogens (tertiary/aromatic N) is 2. The van der Waals surface area contributed by atoms with E-state index < -0.39 is 200 Å². The number of nitrogens with one attached hydrogen (secondary N) is 10. The Balaban J connectivity index is 1.14. The maximum atomic E-state index is 15.4. The molecule has 1 aromatic heterocycles. The lowest BCUT2D eigenvalue weighted by atomic mass is 9.85. The first-order valence-electron chi connectivity index (χ1n) is 33.5. The third-order valence-corrected chi connectivity index (χ3v) is 20.0. The van der Waals surface area contributed by atoms with Gasteiger partial charge in [-0.15, -0.1) is 5.53 Å². The monoisotopic (exact) mass is 1460 g/mol. The number of aromatic amines is 1. The number of H-pyrrole nitrogens is 1. The van der Waals surface area contributed by atoms with Crippen molar-refractivity contribution in [2.24, 2.45) is 35.3 Å². The second kappa shape index (κ2) is 41.3. The van der Waals surface area contributed by atoms with Gasteiger partial charge in [-0.1, -0.05) is 34.1 Å². The number of Topliss-reactive ketones (excluding diaryl/α,β-unsaturated/α-hetero) is 2. The number of ether oxygens (including phenoxy) is 5. The number of carboxylic acids is 1. The number of hydrazine groups is 2. The summed E-state index contributed by atoms with van der Waals surface area (Å²) in [6.45, 7) is 6.69. The van der Waals surface area contributed by atoms with Crippen molar-refractivity contribution in [1.82, 2.24) is 63.1 Å². The van der Waals surface area contributed by atoms with Crippen LogP contribution >= 0.6 is 11.8 Å². The number of aromatic nitrogens is 1. The number of nitrogens with two attached hydrogens (primary N) is 1. The molecular weight excluding hydrogens is 1370 g/mol. The van der Waals surface area contributed by atoms with Crippen LogP contribution in [0, 0.1) is 29.6 Å². The molecule has 101 heavy (non-hydrogen) atoms. The van der Waals surface area contributed by atoms with E-state index in [1.807, 2.05) is 0 Å². The van der Waals surface area contributed by atoms with Crippen LogP contribution in [-0.4, -0.2) is 264 Å². The SMILES string of the molecule is CC[C@H](C)[C@@H]1CC(=O)CNC(=O)[C@H]2CC(=O)[C@H]([C@@H](C)[C@@H](O)CO)NC(=O)[C@@H]3C[C@@H](O)CN3C(=O)[C@H](CC(N)=O)NC(=O)[C@H](CS(=O)c3[nH]c4c(CSCCNC(=O)CCOCCOCCOCCOCCN5C=C(CNC(=O)CC(C)C(=O)O)NN5)c(OC)ccc4c3C2)NC(=O)CNC1=O. The summed E-state index contributed by atoms with van der Waals surface area (Å²) in [5.74, 6) is -15.1. The topological polar surface area (TPSA) is 506 Å². The van der Waals surface area contributed by atoms with E-state index in [1.54, 1.807) is 37.2 Å². The molecule has 12 atom stereocenters. The van der Waals surface area contributed by atoms with Crippen molar-refractivity contribution in [3.05, 3.63) is 35.2 Å². The standard InChI is InChI=1S/C64H97N13O22S2/c1-6-35(2)43-24-40(79)28-68-58(87)38-22-44-42-7-8-51(95-5)45(33-100-20-10-66-53(84)9-12-96-14-16-98-18-19-99-17-15-97-13-11-76-30-39(74-75-76)27-67-54(85)21-36(3)64(92)93)57(42)73-62(44)101(94)34-47(70-55(86)29-69-59(43)88)60(89)71-46(26-52(65)83)63(91)77-31-41(80)25-48(77)61(90)72-56(49(81)23-38)37(4)50(82)32-78/h7-8,30,35-38,41,43,46-48,50,56,73-75,78,80,82H,6,9-29,31-34H2,1-5H3,(H2,65,83)(H,66,84)(H,67,85)(H,68,87)(H,69,88)(H,70,86)(H,71,89)(H,72,90)(H,92,93)/t35-,36?,37-,38+,41+,43-,46-,47-,48-,50-,56-,101?/m0/s1. The van der Waals surface area contributed by atoms with Gasteiger partial charge >= 0.3 is 5.97 Å². The van der Waals surface area contributed by atoms with Gasteiger partial charge in [0.1, 0.15) is 28.9 Å². The predicted molar refractivity (Wildman–Crippen MR) is 362 cm³/mol. The summed E-state index contributed by atoms with van der Waals surface area (Å²) in [6.07, 6.45) is -3.79. The summed E-state index contributed by atoms with van der Waals surface area (Å²) in [7, 11) is -1.02. The quantitative estimate of drug-likeness (QED) is 0.0301. The highest BCUT2D eigenvalue weighted by Gasteiger charge is 2.45. The number of carbonyl (C=O) groups is 12. The van der Waals surface area contributed by atoms with E-state index in [2.05, 4.69) is 53.2 Å². The van der Waals surface area contributed by atoms with Gasteiger partial charge in [-0.3, -0.25) is 66.8 Å². The average Bonchev–Trinajstić information content (AvgIpc) is 1.62. The fraction of sp³-hybridized carbons (Fsp3) is 0.656. The molecule has 4 aliphatic rings. The number of carbonyl (C=O) groups excluding carboxylic acids is 11. The van der Waals surface area contributed by atoms with Crippen LogP contribution in [0.3, 0.4) is 0 Å². The number of fused-ring (bicyclic) bond motifs is 5. The third-order valence-electron chi connectivity index (χ3n) is 17.6. The molecule has 9 amide bonds. The Morgan fingerprint density at radius 1 is 0.832 bits per heavy atom. The van der Waals surface area contributed by atoms with Crippen molar-refractivity contribution in [2.45, 2.75) is 126 Å². The van der Waals surface area contributed by atoms with Gasteiger partial charge in [0, 0.05) is 91.6 Å². The summed E-state index contributed by atoms with van der Waals surface area (Å²) in [4.78, 5) is 168. The van der Waals surface area contributed by atoms with Crippen molar-refractivity contribution < 1.29 is 106 Å². The van der Waals surface area contributed by atoms with Crippen LogP contribution in [0.4, 0.5) is 0 Å². The van der Waals surface area contributed by atoms with E-state index in [0.29, 0.717) is 79.7 Å². The number of rotatable bonds is 33. The Labute approximate surface area is 590 Å². The smallest absolute Gasteiger partial charge is 0.306 e. The van der Waals surface area contributed by atoms with Crippen LogP contribution in [0.2, 0.25) is 0 Å². The molecule has 0 spiro atoms. The first kappa shape index (κ1) is 82.1. The molecule has 2 aromatic rings. The third kappa shape index (κ3) is 25.3. The van der Waals surface area contributed by atoms with Crippen molar-refractivity contribution in [1.29, 1.82) is 0 Å². The second-order valence-corrected chi connectivity index (χ2v) is 27.6. The number of aliphatic carboxylic acids is 1. The van der Waals surface area contributed by atoms with Crippen molar-refractivity contribution in [3.8, 4) is 5.75 Å².